The van der Waals surface area contributed by atoms with Crippen molar-refractivity contribution in [2.24, 2.45) is 0 Å². The zero-order valence-electron chi connectivity index (χ0n) is 23.6. The summed E-state index contributed by atoms with van der Waals surface area (Å²) in [4.78, 5) is 25.8. The van der Waals surface area contributed by atoms with E-state index in [1.165, 1.54) is 12.1 Å². The first kappa shape index (κ1) is 30.9. The van der Waals surface area contributed by atoms with Gasteiger partial charge in [0.15, 0.2) is 13.2 Å². The number of amides is 2. The van der Waals surface area contributed by atoms with Crippen molar-refractivity contribution in [1.82, 2.24) is 10.6 Å². The first-order chi connectivity index (χ1) is 20.8. The summed E-state index contributed by atoms with van der Waals surface area (Å²) in [6.45, 7) is -0.501. The molecule has 4 rings (SSSR count). The standard InChI is InChI=1S/C34H36N2O7/c37-27-14-16-30(17-15-27)43-22-33(40)35-26(18-24-8-3-1-4-9-24)21-32(39)31(20-25-10-7-11-28(38)19-25)36-34(41)23-42-29-12-5-2-6-13-29/h1-17,19,26,31-32,37-39H,18,20-23H2,(H,35,40)(H,36,41)/t26-,31-,32+/m0/s1. The number of carbonyl (C=O) groups excluding carboxylic acids is 2. The molecule has 4 aromatic rings. The second kappa shape index (κ2) is 15.8. The van der Waals surface area contributed by atoms with E-state index >= 15 is 0 Å². The topological polar surface area (TPSA) is 137 Å². The van der Waals surface area contributed by atoms with E-state index in [1.54, 1.807) is 60.7 Å². The van der Waals surface area contributed by atoms with Crippen molar-refractivity contribution in [3.63, 3.8) is 0 Å². The van der Waals surface area contributed by atoms with Gasteiger partial charge in [0.05, 0.1) is 12.1 Å². The number of rotatable bonds is 15. The largest absolute Gasteiger partial charge is 0.508 e. The molecule has 0 aliphatic rings. The number of phenolic OH excluding ortho intramolecular Hbond substituents is 2. The minimum atomic E-state index is -1.06. The van der Waals surface area contributed by atoms with Crippen LogP contribution in [-0.4, -0.2) is 58.5 Å². The van der Waals surface area contributed by atoms with Crippen LogP contribution >= 0.6 is 0 Å². The molecule has 0 saturated carbocycles. The Morgan fingerprint density at radius 3 is 1.86 bits per heavy atom. The fourth-order valence-electron chi connectivity index (χ4n) is 4.64. The van der Waals surface area contributed by atoms with Gasteiger partial charge in [-0.3, -0.25) is 9.59 Å². The second-order valence-corrected chi connectivity index (χ2v) is 10.2. The van der Waals surface area contributed by atoms with Gasteiger partial charge >= 0.3 is 0 Å². The summed E-state index contributed by atoms with van der Waals surface area (Å²) in [6, 6.07) is 30.0. The van der Waals surface area contributed by atoms with Crippen molar-refractivity contribution in [3.8, 4) is 23.0 Å². The van der Waals surface area contributed by atoms with E-state index in [0.29, 0.717) is 17.9 Å². The Kier molecular flexibility index (Phi) is 11.4. The predicted octanol–water partition coefficient (Wildman–Crippen LogP) is 3.76. The molecular weight excluding hydrogens is 548 g/mol. The minimum absolute atomic E-state index is 0.0762. The van der Waals surface area contributed by atoms with Gasteiger partial charge in [-0.25, -0.2) is 0 Å². The van der Waals surface area contributed by atoms with Gasteiger partial charge in [0.1, 0.15) is 23.0 Å². The Morgan fingerprint density at radius 1 is 0.628 bits per heavy atom. The number of nitrogens with one attached hydrogen (secondary N) is 2. The number of aliphatic hydroxyl groups excluding tert-OH is 1. The SMILES string of the molecule is O=C(COc1ccc(O)cc1)N[C@@H](Cc1ccccc1)C[C@@H](O)[C@H](Cc1cccc(O)c1)NC(=O)COc1ccccc1. The van der Waals surface area contributed by atoms with Crippen LogP contribution in [0.1, 0.15) is 17.5 Å². The number of aliphatic hydroxyl groups is 1. The van der Waals surface area contributed by atoms with E-state index in [2.05, 4.69) is 10.6 Å². The lowest BCUT2D eigenvalue weighted by Crippen LogP contribution is -2.50. The van der Waals surface area contributed by atoms with E-state index in [4.69, 9.17) is 9.47 Å². The number of ether oxygens (including phenoxy) is 2. The molecule has 0 heterocycles. The molecule has 2 amide bonds. The molecule has 0 fully saturated rings. The Balaban J connectivity index is 1.45. The van der Waals surface area contributed by atoms with Crippen LogP contribution in [0.5, 0.6) is 23.0 Å². The minimum Gasteiger partial charge on any atom is -0.508 e. The molecule has 224 valence electrons. The zero-order chi connectivity index (χ0) is 30.4. The number of carbonyl (C=O) groups is 2. The van der Waals surface area contributed by atoms with Crippen LogP contribution in [0.4, 0.5) is 0 Å². The molecule has 0 aliphatic heterocycles. The Morgan fingerprint density at radius 2 is 1.21 bits per heavy atom. The number of hydrogen-bond acceptors (Lipinski definition) is 7. The van der Waals surface area contributed by atoms with E-state index < -0.39 is 24.1 Å². The van der Waals surface area contributed by atoms with Gasteiger partial charge in [0.2, 0.25) is 0 Å². The molecule has 5 N–H and O–H groups in total. The summed E-state index contributed by atoms with van der Waals surface area (Å²) >= 11 is 0. The number of hydrogen-bond donors (Lipinski definition) is 5. The summed E-state index contributed by atoms with van der Waals surface area (Å²) in [7, 11) is 0. The molecule has 0 aliphatic carbocycles. The van der Waals surface area contributed by atoms with Gasteiger partial charge in [-0.1, -0.05) is 60.7 Å². The number of phenols is 2. The summed E-state index contributed by atoms with van der Waals surface area (Å²) in [5.41, 5.74) is 1.68. The molecule has 9 heteroatoms. The number of aromatic hydroxyl groups is 2. The lowest BCUT2D eigenvalue weighted by molar-refractivity contribution is -0.126. The quantitative estimate of drug-likeness (QED) is 0.144. The monoisotopic (exact) mass is 584 g/mol. The van der Waals surface area contributed by atoms with Crippen LogP contribution in [0.2, 0.25) is 0 Å². The molecule has 0 bridgehead atoms. The zero-order valence-corrected chi connectivity index (χ0v) is 23.6. The van der Waals surface area contributed by atoms with Crippen LogP contribution in [-0.2, 0) is 22.4 Å². The average Bonchev–Trinajstić information content (AvgIpc) is 3.00. The molecule has 0 saturated heterocycles. The van der Waals surface area contributed by atoms with Crippen LogP contribution in [0, 0.1) is 0 Å². The van der Waals surface area contributed by atoms with Crippen molar-refractivity contribution in [2.45, 2.75) is 37.5 Å². The predicted molar refractivity (Wildman–Crippen MR) is 162 cm³/mol. The van der Waals surface area contributed by atoms with Gasteiger partial charge in [-0.2, -0.15) is 0 Å². The molecule has 9 nitrogen and oxygen atoms in total. The Hall–Kier alpha value is -5.02. The van der Waals surface area contributed by atoms with Crippen LogP contribution in [0.3, 0.4) is 0 Å². The molecule has 4 aromatic carbocycles. The highest BCUT2D eigenvalue weighted by Crippen LogP contribution is 2.18. The highest BCUT2D eigenvalue weighted by Gasteiger charge is 2.26. The van der Waals surface area contributed by atoms with E-state index in [-0.39, 0.29) is 43.5 Å². The normalized spacial score (nSPS) is 12.9. The number of benzene rings is 4. The van der Waals surface area contributed by atoms with Gasteiger partial charge in [0.25, 0.3) is 11.8 Å². The molecule has 0 spiro atoms. The van der Waals surface area contributed by atoms with Crippen LogP contribution in [0.25, 0.3) is 0 Å². The highest BCUT2D eigenvalue weighted by atomic mass is 16.5. The van der Waals surface area contributed by atoms with Crippen molar-refractivity contribution in [3.05, 3.63) is 120 Å². The Labute approximate surface area is 250 Å². The van der Waals surface area contributed by atoms with Crippen molar-refractivity contribution < 1.29 is 34.4 Å². The summed E-state index contributed by atoms with van der Waals surface area (Å²) in [5, 5.41) is 36.7. The summed E-state index contributed by atoms with van der Waals surface area (Å²) < 4.78 is 11.1. The molecule has 3 atom stereocenters. The first-order valence-corrected chi connectivity index (χ1v) is 14.0. The molecular formula is C34H36N2O7. The van der Waals surface area contributed by atoms with Crippen molar-refractivity contribution in [2.75, 3.05) is 13.2 Å². The fourth-order valence-corrected chi connectivity index (χ4v) is 4.64. The molecule has 0 radical (unpaired) electrons. The molecule has 0 aromatic heterocycles. The average molecular weight is 585 g/mol. The fraction of sp³-hybridized carbons (Fsp3) is 0.235. The third kappa shape index (κ3) is 10.7. The second-order valence-electron chi connectivity index (χ2n) is 10.2. The lowest BCUT2D eigenvalue weighted by Gasteiger charge is -2.28. The van der Waals surface area contributed by atoms with Crippen LogP contribution in [0.15, 0.2) is 109 Å². The van der Waals surface area contributed by atoms with Gasteiger partial charge in [-0.05, 0) is 78.9 Å². The first-order valence-electron chi connectivity index (χ1n) is 14.0. The maximum absolute atomic E-state index is 12.9. The van der Waals surface area contributed by atoms with Crippen LogP contribution < -0.4 is 20.1 Å². The summed E-state index contributed by atoms with van der Waals surface area (Å²) in [5.74, 6) is 0.340. The van der Waals surface area contributed by atoms with E-state index in [9.17, 15) is 24.9 Å². The van der Waals surface area contributed by atoms with E-state index in [0.717, 1.165) is 11.1 Å². The van der Waals surface area contributed by atoms with Gasteiger partial charge in [-0.15, -0.1) is 0 Å². The number of para-hydroxylation sites is 1. The maximum atomic E-state index is 12.9. The van der Waals surface area contributed by atoms with Gasteiger partial charge in [0, 0.05) is 6.04 Å². The lowest BCUT2D eigenvalue weighted by atomic mass is 9.93. The van der Waals surface area contributed by atoms with Crippen molar-refractivity contribution in [1.29, 1.82) is 0 Å². The third-order valence-electron chi connectivity index (χ3n) is 6.71. The third-order valence-corrected chi connectivity index (χ3v) is 6.71. The van der Waals surface area contributed by atoms with Crippen molar-refractivity contribution >= 4 is 11.8 Å². The maximum Gasteiger partial charge on any atom is 0.258 e. The molecule has 43 heavy (non-hydrogen) atoms. The molecule has 0 unspecified atom stereocenters. The smallest absolute Gasteiger partial charge is 0.258 e. The van der Waals surface area contributed by atoms with E-state index in [1.807, 2.05) is 36.4 Å². The summed E-state index contributed by atoms with van der Waals surface area (Å²) in [6.07, 6.45) is -0.256. The highest BCUT2D eigenvalue weighted by molar-refractivity contribution is 5.78. The Bertz CT molecular complexity index is 1430. The van der Waals surface area contributed by atoms with Gasteiger partial charge < -0.3 is 35.4 Å².